The van der Waals surface area contributed by atoms with Gasteiger partial charge < -0.3 is 52.1 Å². The first-order chi connectivity index (χ1) is 32.7. The highest BCUT2D eigenvalue weighted by molar-refractivity contribution is 5.19. The van der Waals surface area contributed by atoms with E-state index < -0.39 is 67.7 Å². The Kier molecular flexibility index (Phi) is 16.4. The van der Waals surface area contributed by atoms with Crippen molar-refractivity contribution in [2.45, 2.75) is 101 Å². The standard InChI is InChI=1S/C55H58O11/c1-56-54-52(50(60-35-42-26-14-5-15-27-42)48-46(63-54)38-62-53(65-48)44-30-18-7-19-31-44)66-55-51(61-36-43-28-16-6-17-29-43)49(59-34-41-24-12-4-13-25-41)47(58-33-40-22-10-3-11-23-40)45(64-55)37-57-32-39-20-8-2-9-21-39/h2-31,45-55H,32-38H2,1H3/t45-,46-,47-,48-,49+,50+,51-,52+,53?,54+,55-/m1/s1. The van der Waals surface area contributed by atoms with Crippen LogP contribution < -0.4 is 0 Å². The fourth-order valence-corrected chi connectivity index (χ4v) is 8.63. The Morgan fingerprint density at radius 1 is 0.424 bits per heavy atom. The van der Waals surface area contributed by atoms with E-state index in [0.29, 0.717) is 13.2 Å². The van der Waals surface area contributed by atoms with Gasteiger partial charge in [-0.15, -0.1) is 0 Å². The van der Waals surface area contributed by atoms with Crippen molar-refractivity contribution in [1.29, 1.82) is 0 Å². The minimum absolute atomic E-state index is 0.164. The van der Waals surface area contributed by atoms with Crippen molar-refractivity contribution in [2.24, 2.45) is 0 Å². The van der Waals surface area contributed by atoms with E-state index in [0.717, 1.165) is 33.4 Å². The van der Waals surface area contributed by atoms with Crippen LogP contribution in [-0.4, -0.2) is 81.7 Å². The van der Waals surface area contributed by atoms with Gasteiger partial charge in [0.15, 0.2) is 18.9 Å². The maximum Gasteiger partial charge on any atom is 0.187 e. The second-order valence-electron chi connectivity index (χ2n) is 16.6. The number of fused-ring (bicyclic) bond motifs is 1. The summed E-state index contributed by atoms with van der Waals surface area (Å²) in [5.41, 5.74) is 5.87. The molecule has 11 nitrogen and oxygen atoms in total. The van der Waals surface area contributed by atoms with E-state index in [1.165, 1.54) is 0 Å². The van der Waals surface area contributed by atoms with Crippen LogP contribution in [-0.2, 0) is 85.1 Å². The molecule has 3 aliphatic heterocycles. The lowest BCUT2D eigenvalue weighted by molar-refractivity contribution is -0.400. The maximum absolute atomic E-state index is 7.28. The van der Waals surface area contributed by atoms with Crippen LogP contribution in [0.5, 0.6) is 0 Å². The number of ether oxygens (including phenoxy) is 11. The molecule has 3 saturated heterocycles. The lowest BCUT2D eigenvalue weighted by Gasteiger charge is -2.51. The third-order valence-electron chi connectivity index (χ3n) is 12.0. The van der Waals surface area contributed by atoms with E-state index >= 15 is 0 Å². The summed E-state index contributed by atoms with van der Waals surface area (Å²) in [5, 5.41) is 0. The molecule has 66 heavy (non-hydrogen) atoms. The molecule has 0 spiro atoms. The van der Waals surface area contributed by atoms with Gasteiger partial charge in [-0.2, -0.15) is 0 Å². The maximum atomic E-state index is 7.28. The molecule has 6 aromatic rings. The van der Waals surface area contributed by atoms with Gasteiger partial charge in [0.25, 0.3) is 0 Å². The van der Waals surface area contributed by atoms with E-state index in [1.54, 1.807) is 7.11 Å². The third-order valence-corrected chi connectivity index (χ3v) is 12.0. The van der Waals surface area contributed by atoms with Gasteiger partial charge >= 0.3 is 0 Å². The molecule has 3 heterocycles. The number of methoxy groups -OCH3 is 1. The summed E-state index contributed by atoms with van der Waals surface area (Å²) >= 11 is 0. The Balaban J connectivity index is 1.08. The van der Waals surface area contributed by atoms with Gasteiger partial charge in [-0.3, -0.25) is 0 Å². The van der Waals surface area contributed by atoms with Crippen molar-refractivity contribution in [3.05, 3.63) is 215 Å². The molecular weight excluding hydrogens is 837 g/mol. The second-order valence-corrected chi connectivity index (χ2v) is 16.6. The Morgan fingerprint density at radius 3 is 1.36 bits per heavy atom. The minimum atomic E-state index is -1.06. The van der Waals surface area contributed by atoms with Gasteiger partial charge in [0, 0.05) is 12.7 Å². The molecule has 344 valence electrons. The molecule has 1 unspecified atom stereocenters. The molecule has 11 heteroatoms. The molecule has 9 rings (SSSR count). The topological polar surface area (TPSA) is 102 Å². The highest BCUT2D eigenvalue weighted by atomic mass is 16.8. The Bertz CT molecular complexity index is 2280. The summed E-state index contributed by atoms with van der Waals surface area (Å²) in [7, 11) is 1.59. The van der Waals surface area contributed by atoms with E-state index in [9.17, 15) is 0 Å². The number of hydrogen-bond donors (Lipinski definition) is 0. The number of rotatable bonds is 20. The van der Waals surface area contributed by atoms with E-state index in [1.807, 2.05) is 182 Å². The summed E-state index contributed by atoms with van der Waals surface area (Å²) in [6, 6.07) is 60.1. The fourth-order valence-electron chi connectivity index (χ4n) is 8.63. The predicted octanol–water partition coefficient (Wildman–Crippen LogP) is 9.14. The normalized spacial score (nSPS) is 27.5. The Hall–Kier alpha value is -5.12. The van der Waals surface area contributed by atoms with Gasteiger partial charge in [-0.05, 0) is 27.8 Å². The average molecular weight is 895 g/mol. The molecule has 11 atom stereocenters. The molecule has 3 fully saturated rings. The van der Waals surface area contributed by atoms with Crippen LogP contribution in [0.3, 0.4) is 0 Å². The van der Waals surface area contributed by atoms with Gasteiger partial charge in [0.1, 0.15) is 48.8 Å². The zero-order valence-electron chi connectivity index (χ0n) is 37.1. The van der Waals surface area contributed by atoms with Crippen molar-refractivity contribution in [2.75, 3.05) is 20.3 Å². The predicted molar refractivity (Wildman–Crippen MR) is 245 cm³/mol. The van der Waals surface area contributed by atoms with Crippen LogP contribution in [0.1, 0.15) is 39.7 Å². The van der Waals surface area contributed by atoms with Crippen LogP contribution in [0.2, 0.25) is 0 Å². The molecule has 3 aliphatic rings. The van der Waals surface area contributed by atoms with Gasteiger partial charge in [-0.25, -0.2) is 0 Å². The first-order valence-electron chi connectivity index (χ1n) is 22.7. The largest absolute Gasteiger partial charge is 0.374 e. The zero-order chi connectivity index (χ0) is 44.8. The van der Waals surface area contributed by atoms with Crippen molar-refractivity contribution in [3.63, 3.8) is 0 Å². The van der Waals surface area contributed by atoms with E-state index in [-0.39, 0.29) is 33.0 Å². The lowest BCUT2D eigenvalue weighted by Crippen LogP contribution is -2.67. The lowest BCUT2D eigenvalue weighted by atomic mass is 9.95. The van der Waals surface area contributed by atoms with E-state index in [4.69, 9.17) is 52.1 Å². The first-order valence-corrected chi connectivity index (χ1v) is 22.7. The smallest absolute Gasteiger partial charge is 0.187 e. The van der Waals surface area contributed by atoms with Crippen LogP contribution >= 0.6 is 0 Å². The van der Waals surface area contributed by atoms with Crippen LogP contribution in [0.15, 0.2) is 182 Å². The van der Waals surface area contributed by atoms with Gasteiger partial charge in [0.05, 0.1) is 46.2 Å². The highest BCUT2D eigenvalue weighted by Gasteiger charge is 2.56. The van der Waals surface area contributed by atoms with Crippen molar-refractivity contribution >= 4 is 0 Å². The van der Waals surface area contributed by atoms with Crippen molar-refractivity contribution in [3.8, 4) is 0 Å². The Labute approximate surface area is 387 Å². The van der Waals surface area contributed by atoms with Crippen LogP contribution in [0.4, 0.5) is 0 Å². The minimum Gasteiger partial charge on any atom is -0.374 e. The second kappa shape index (κ2) is 23.6. The molecule has 0 aliphatic carbocycles. The molecule has 0 saturated carbocycles. The molecular formula is C55H58O11. The van der Waals surface area contributed by atoms with Gasteiger partial charge in [-0.1, -0.05) is 182 Å². The monoisotopic (exact) mass is 894 g/mol. The average Bonchev–Trinajstić information content (AvgIpc) is 3.38. The molecule has 0 N–H and O–H groups in total. The van der Waals surface area contributed by atoms with Crippen LogP contribution in [0, 0.1) is 0 Å². The van der Waals surface area contributed by atoms with E-state index in [2.05, 4.69) is 0 Å². The molecule has 0 bridgehead atoms. The third kappa shape index (κ3) is 12.1. The fraction of sp³-hybridized carbons (Fsp3) is 0.345. The quantitative estimate of drug-likeness (QED) is 0.0734. The van der Waals surface area contributed by atoms with Crippen molar-refractivity contribution in [1.82, 2.24) is 0 Å². The SMILES string of the molecule is CO[C@H]1O[C@@H]2COC(c3ccccc3)O[C@H]2[C@H](OCc2ccccc2)[C@@H]1O[C@H]1O[C@H](COCc2ccccc2)[C@@H](OCc2ccccc2)[C@H](OCc2ccccc2)[C@H]1OCc1ccccc1. The Morgan fingerprint density at radius 2 is 0.864 bits per heavy atom. The summed E-state index contributed by atoms with van der Waals surface area (Å²) in [5.74, 6) is 0. The zero-order valence-corrected chi connectivity index (χ0v) is 37.1. The molecule has 6 aromatic carbocycles. The van der Waals surface area contributed by atoms with Crippen LogP contribution in [0.25, 0.3) is 0 Å². The molecule has 0 aromatic heterocycles. The summed E-state index contributed by atoms with van der Waals surface area (Å²) in [4.78, 5) is 0. The molecule has 0 amide bonds. The number of hydrogen-bond acceptors (Lipinski definition) is 11. The van der Waals surface area contributed by atoms with Crippen molar-refractivity contribution < 1.29 is 52.1 Å². The summed E-state index contributed by atoms with van der Waals surface area (Å²) in [6.07, 6.45) is -8.26. The van der Waals surface area contributed by atoms with Gasteiger partial charge in [0.2, 0.25) is 0 Å². The number of benzene rings is 6. The first kappa shape index (κ1) is 46.0. The molecule has 0 radical (unpaired) electrons. The highest BCUT2D eigenvalue weighted by Crippen LogP contribution is 2.40. The summed E-state index contributed by atoms with van der Waals surface area (Å²) in [6.45, 7) is 1.88. The summed E-state index contributed by atoms with van der Waals surface area (Å²) < 4.78 is 74.5.